The van der Waals surface area contributed by atoms with E-state index in [0.29, 0.717) is 17.9 Å². The van der Waals surface area contributed by atoms with E-state index in [4.69, 9.17) is 17.3 Å². The van der Waals surface area contributed by atoms with Crippen LogP contribution in [-0.4, -0.2) is 41.0 Å². The molecule has 154 valence electrons. The predicted octanol–water partition coefficient (Wildman–Crippen LogP) is 3.29. The second-order valence-electron chi connectivity index (χ2n) is 6.59. The Balaban J connectivity index is 1.82. The second kappa shape index (κ2) is 8.28. The fourth-order valence-corrected chi connectivity index (χ4v) is 3.46. The van der Waals surface area contributed by atoms with Gasteiger partial charge in [0, 0.05) is 17.3 Å². The molecule has 1 aromatic heterocycles. The molecule has 1 atom stereocenters. The lowest BCUT2D eigenvalue weighted by molar-refractivity contribution is -0.154. The number of carbonyl (C=O) groups is 2. The molecule has 1 aromatic carbocycles. The van der Waals surface area contributed by atoms with Crippen molar-refractivity contribution in [3.05, 3.63) is 58.2 Å². The van der Waals surface area contributed by atoms with E-state index in [1.807, 2.05) is 6.07 Å². The number of nitrogens with zero attached hydrogens (tertiary/aromatic N) is 2. The molecule has 0 bridgehead atoms. The number of carbonyl (C=O) groups excluding carboxylic acids is 2. The number of hydrogen-bond donors (Lipinski definition) is 1. The summed E-state index contributed by atoms with van der Waals surface area (Å²) in [5.74, 6) is -1.47. The summed E-state index contributed by atoms with van der Waals surface area (Å²) in [6.07, 6.45) is -2.08. The number of halogens is 4. The number of benzene rings is 1. The molecule has 0 spiro atoms. The highest BCUT2D eigenvalue weighted by Gasteiger charge is 2.33. The monoisotopic (exact) mass is 427 g/mol. The normalized spacial score (nSPS) is 15.7. The first-order valence-corrected chi connectivity index (χ1v) is 9.05. The van der Waals surface area contributed by atoms with E-state index < -0.39 is 30.6 Å². The lowest BCUT2D eigenvalue weighted by Gasteiger charge is -2.29. The summed E-state index contributed by atoms with van der Waals surface area (Å²) in [5.41, 5.74) is 7.29. The summed E-state index contributed by atoms with van der Waals surface area (Å²) >= 11 is 6.08. The van der Waals surface area contributed by atoms with Crippen LogP contribution in [0.3, 0.4) is 0 Å². The molecule has 0 saturated heterocycles. The zero-order chi connectivity index (χ0) is 21.2. The Labute approximate surface area is 169 Å². The van der Waals surface area contributed by atoms with E-state index in [1.165, 1.54) is 17.0 Å². The quantitative estimate of drug-likeness (QED) is 0.766. The van der Waals surface area contributed by atoms with Gasteiger partial charge in [-0.15, -0.1) is 0 Å². The van der Waals surface area contributed by atoms with Crippen LogP contribution in [0.4, 0.5) is 13.2 Å². The van der Waals surface area contributed by atoms with Crippen LogP contribution in [0, 0.1) is 0 Å². The average molecular weight is 428 g/mol. The minimum atomic E-state index is -4.49. The molecule has 10 heteroatoms. The molecule has 0 aliphatic heterocycles. The summed E-state index contributed by atoms with van der Waals surface area (Å²) in [6, 6.07) is 7.45. The molecule has 1 heterocycles. The minimum absolute atomic E-state index is 0.0982. The van der Waals surface area contributed by atoms with Crippen molar-refractivity contribution in [2.45, 2.75) is 25.1 Å². The standard InChI is InChI=1S/C19H17ClF3N3O3/c20-13-4-1-11-2-5-15(14(11)7-13)26(9-16(24)27)18(28)12-3-6-17(25-8-12)29-10-19(21,22)23/h1,3-4,6-8,15H,2,5,9-10H2,(H2,24,27)/t15-/m1/s1. The number of hydrogen-bond acceptors (Lipinski definition) is 4. The van der Waals surface area contributed by atoms with Crippen molar-refractivity contribution in [3.8, 4) is 5.88 Å². The lowest BCUT2D eigenvalue weighted by atomic mass is 10.1. The molecular weight excluding hydrogens is 411 g/mol. The Morgan fingerprint density at radius 1 is 1.28 bits per heavy atom. The predicted molar refractivity (Wildman–Crippen MR) is 98.5 cm³/mol. The zero-order valence-corrected chi connectivity index (χ0v) is 15.8. The van der Waals surface area contributed by atoms with Gasteiger partial charge in [0.05, 0.1) is 11.6 Å². The van der Waals surface area contributed by atoms with Gasteiger partial charge in [-0.25, -0.2) is 4.98 Å². The molecule has 1 aliphatic carbocycles. The van der Waals surface area contributed by atoms with Crippen LogP contribution in [0.25, 0.3) is 0 Å². The highest BCUT2D eigenvalue weighted by Crippen LogP contribution is 2.37. The van der Waals surface area contributed by atoms with Crippen molar-refractivity contribution in [2.24, 2.45) is 5.73 Å². The molecule has 0 radical (unpaired) electrons. The number of nitrogens with two attached hydrogens (primary N) is 1. The van der Waals surface area contributed by atoms with Crippen molar-refractivity contribution in [3.63, 3.8) is 0 Å². The van der Waals surface area contributed by atoms with E-state index in [9.17, 15) is 22.8 Å². The van der Waals surface area contributed by atoms with Crippen molar-refractivity contribution in [1.82, 2.24) is 9.88 Å². The second-order valence-corrected chi connectivity index (χ2v) is 7.02. The molecule has 3 rings (SSSR count). The van der Waals surface area contributed by atoms with Crippen LogP contribution in [0.5, 0.6) is 5.88 Å². The third kappa shape index (κ3) is 5.17. The number of rotatable bonds is 6. The molecule has 0 saturated carbocycles. The van der Waals surface area contributed by atoms with Gasteiger partial charge in [0.1, 0.15) is 6.54 Å². The van der Waals surface area contributed by atoms with Crippen LogP contribution in [-0.2, 0) is 11.2 Å². The number of pyridine rings is 1. The Morgan fingerprint density at radius 3 is 2.66 bits per heavy atom. The molecule has 29 heavy (non-hydrogen) atoms. The van der Waals surface area contributed by atoms with E-state index in [-0.39, 0.29) is 18.0 Å². The molecule has 6 nitrogen and oxygen atoms in total. The van der Waals surface area contributed by atoms with E-state index in [1.54, 1.807) is 12.1 Å². The third-order valence-corrected chi connectivity index (χ3v) is 4.72. The number of primary amides is 1. The summed E-state index contributed by atoms with van der Waals surface area (Å²) in [6.45, 7) is -1.80. The van der Waals surface area contributed by atoms with E-state index >= 15 is 0 Å². The highest BCUT2D eigenvalue weighted by molar-refractivity contribution is 6.30. The smallest absolute Gasteiger partial charge is 0.422 e. The maximum Gasteiger partial charge on any atom is 0.422 e. The van der Waals surface area contributed by atoms with Gasteiger partial charge in [-0.1, -0.05) is 17.7 Å². The van der Waals surface area contributed by atoms with Gasteiger partial charge in [-0.05, 0) is 42.2 Å². The summed E-state index contributed by atoms with van der Waals surface area (Å²) in [5, 5.41) is 0.509. The third-order valence-electron chi connectivity index (χ3n) is 4.48. The van der Waals surface area contributed by atoms with Crippen molar-refractivity contribution >= 4 is 23.4 Å². The van der Waals surface area contributed by atoms with Crippen LogP contribution in [0.1, 0.15) is 33.9 Å². The number of aryl methyl sites for hydroxylation is 1. The fourth-order valence-electron chi connectivity index (χ4n) is 3.28. The molecule has 2 amide bonds. The van der Waals surface area contributed by atoms with Gasteiger partial charge in [0.2, 0.25) is 11.8 Å². The van der Waals surface area contributed by atoms with E-state index in [2.05, 4.69) is 9.72 Å². The Morgan fingerprint density at radius 2 is 2.03 bits per heavy atom. The van der Waals surface area contributed by atoms with Gasteiger partial charge in [0.15, 0.2) is 6.61 Å². The first-order valence-electron chi connectivity index (χ1n) is 8.67. The largest absolute Gasteiger partial charge is 0.468 e. The van der Waals surface area contributed by atoms with Crippen LogP contribution in [0.15, 0.2) is 36.5 Å². The SMILES string of the molecule is NC(=O)CN(C(=O)c1ccc(OCC(F)(F)F)nc1)[C@@H]1CCc2ccc(Cl)cc21. The Hall–Kier alpha value is -2.81. The average Bonchev–Trinajstić information content (AvgIpc) is 3.06. The molecule has 1 aliphatic rings. The fraction of sp³-hybridized carbons (Fsp3) is 0.316. The Bertz CT molecular complexity index is 919. The summed E-state index contributed by atoms with van der Waals surface area (Å²) < 4.78 is 41.2. The molecule has 2 N–H and O–H groups in total. The summed E-state index contributed by atoms with van der Waals surface area (Å²) in [4.78, 5) is 29.7. The number of amides is 2. The number of aromatic nitrogens is 1. The lowest BCUT2D eigenvalue weighted by Crippen LogP contribution is -2.40. The van der Waals surface area contributed by atoms with E-state index in [0.717, 1.165) is 17.3 Å². The molecule has 0 fully saturated rings. The maximum atomic E-state index is 13.0. The zero-order valence-electron chi connectivity index (χ0n) is 15.1. The van der Waals surface area contributed by atoms with Crippen molar-refractivity contribution in [1.29, 1.82) is 0 Å². The number of ether oxygens (including phenoxy) is 1. The topological polar surface area (TPSA) is 85.5 Å². The van der Waals surface area contributed by atoms with Gasteiger partial charge < -0.3 is 15.4 Å². The number of alkyl halides is 3. The van der Waals surface area contributed by atoms with Crippen LogP contribution < -0.4 is 10.5 Å². The first-order chi connectivity index (χ1) is 13.6. The number of fused-ring (bicyclic) bond motifs is 1. The minimum Gasteiger partial charge on any atom is -0.468 e. The molecular formula is C19H17ClF3N3O3. The van der Waals surface area contributed by atoms with Crippen molar-refractivity contribution in [2.75, 3.05) is 13.2 Å². The van der Waals surface area contributed by atoms with Crippen molar-refractivity contribution < 1.29 is 27.5 Å². The van der Waals surface area contributed by atoms with Crippen LogP contribution >= 0.6 is 11.6 Å². The van der Waals surface area contributed by atoms with Crippen LogP contribution in [0.2, 0.25) is 5.02 Å². The van der Waals surface area contributed by atoms with Gasteiger partial charge >= 0.3 is 6.18 Å². The Kier molecular flexibility index (Phi) is 5.97. The first kappa shape index (κ1) is 20.9. The maximum absolute atomic E-state index is 13.0. The van der Waals surface area contributed by atoms with Gasteiger partial charge in [-0.3, -0.25) is 9.59 Å². The molecule has 0 unspecified atom stereocenters. The summed E-state index contributed by atoms with van der Waals surface area (Å²) in [7, 11) is 0. The van der Waals surface area contributed by atoms with Gasteiger partial charge in [0.25, 0.3) is 5.91 Å². The highest BCUT2D eigenvalue weighted by atomic mass is 35.5. The van der Waals surface area contributed by atoms with Gasteiger partial charge in [-0.2, -0.15) is 13.2 Å². The molecule has 2 aromatic rings.